The zero-order valence-electron chi connectivity index (χ0n) is 15.9. The van der Waals surface area contributed by atoms with Gasteiger partial charge in [0.25, 0.3) is 5.91 Å². The van der Waals surface area contributed by atoms with Crippen LogP contribution in [0.5, 0.6) is 11.6 Å². The van der Waals surface area contributed by atoms with Crippen molar-refractivity contribution in [2.75, 3.05) is 14.2 Å². The molecule has 3 aromatic rings. The first-order chi connectivity index (χ1) is 13.0. The van der Waals surface area contributed by atoms with E-state index in [1.54, 1.807) is 20.4 Å². The minimum Gasteiger partial charge on any atom is -0.497 e. The Morgan fingerprint density at radius 2 is 1.93 bits per heavy atom. The summed E-state index contributed by atoms with van der Waals surface area (Å²) in [5, 5.41) is 2.95. The van der Waals surface area contributed by atoms with Crippen molar-refractivity contribution in [3.63, 3.8) is 0 Å². The second kappa shape index (κ2) is 7.95. The lowest BCUT2D eigenvalue weighted by molar-refractivity contribution is 0.0950. The molecular weight excluding hydrogens is 342 g/mol. The Bertz CT molecular complexity index is 963. The molecule has 6 heteroatoms. The first-order valence-corrected chi connectivity index (χ1v) is 8.64. The van der Waals surface area contributed by atoms with E-state index < -0.39 is 0 Å². The Kier molecular flexibility index (Phi) is 5.45. The van der Waals surface area contributed by atoms with Crippen molar-refractivity contribution in [2.45, 2.75) is 20.4 Å². The molecule has 0 aliphatic heterocycles. The minimum atomic E-state index is -0.136. The van der Waals surface area contributed by atoms with Crippen LogP contribution in [-0.2, 0) is 6.54 Å². The molecule has 0 aliphatic carbocycles. The maximum absolute atomic E-state index is 12.7. The predicted octanol–water partition coefficient (Wildman–Crippen LogP) is 3.44. The van der Waals surface area contributed by atoms with E-state index >= 15 is 0 Å². The molecule has 27 heavy (non-hydrogen) atoms. The van der Waals surface area contributed by atoms with E-state index in [4.69, 9.17) is 9.47 Å². The third-order valence-corrected chi connectivity index (χ3v) is 4.47. The fourth-order valence-corrected chi connectivity index (χ4v) is 3.15. The summed E-state index contributed by atoms with van der Waals surface area (Å²) in [6, 6.07) is 13.4. The van der Waals surface area contributed by atoms with E-state index in [9.17, 15) is 4.79 Å². The Hall–Kier alpha value is -3.28. The Labute approximate surface area is 158 Å². The first kappa shape index (κ1) is 18.5. The van der Waals surface area contributed by atoms with Gasteiger partial charge in [-0.1, -0.05) is 12.1 Å². The highest BCUT2D eigenvalue weighted by atomic mass is 16.5. The zero-order chi connectivity index (χ0) is 19.4. The molecule has 0 radical (unpaired) electrons. The zero-order valence-corrected chi connectivity index (χ0v) is 15.9. The molecule has 140 valence electrons. The van der Waals surface area contributed by atoms with Crippen molar-refractivity contribution >= 4 is 5.91 Å². The van der Waals surface area contributed by atoms with E-state index in [2.05, 4.69) is 10.3 Å². The van der Waals surface area contributed by atoms with Crippen LogP contribution in [0.2, 0.25) is 0 Å². The number of nitrogens with zero attached hydrogens (tertiary/aromatic N) is 2. The quantitative estimate of drug-likeness (QED) is 0.727. The molecule has 1 aromatic carbocycles. The van der Waals surface area contributed by atoms with Gasteiger partial charge in [-0.15, -0.1) is 0 Å². The molecule has 0 saturated carbocycles. The third-order valence-electron chi connectivity index (χ3n) is 4.47. The highest BCUT2D eigenvalue weighted by Gasteiger charge is 2.17. The van der Waals surface area contributed by atoms with Gasteiger partial charge < -0.3 is 19.4 Å². The fourth-order valence-electron chi connectivity index (χ4n) is 3.15. The van der Waals surface area contributed by atoms with Gasteiger partial charge in [-0.2, -0.15) is 0 Å². The van der Waals surface area contributed by atoms with Crippen LogP contribution in [-0.4, -0.2) is 29.7 Å². The van der Waals surface area contributed by atoms with Gasteiger partial charge in [0.15, 0.2) is 0 Å². The number of methoxy groups -OCH3 is 2. The van der Waals surface area contributed by atoms with E-state index in [0.717, 1.165) is 28.4 Å². The van der Waals surface area contributed by atoms with Crippen LogP contribution in [0, 0.1) is 13.8 Å². The number of benzene rings is 1. The lowest BCUT2D eigenvalue weighted by Gasteiger charge is -2.12. The molecule has 0 saturated heterocycles. The molecule has 0 aliphatic rings. The van der Waals surface area contributed by atoms with Crippen LogP contribution in [0.15, 0.2) is 48.7 Å². The number of carbonyl (C=O) groups excluding carboxylic acids is 1. The molecule has 2 heterocycles. The number of amides is 1. The van der Waals surface area contributed by atoms with Crippen LogP contribution in [0.1, 0.15) is 27.3 Å². The second-order valence-electron chi connectivity index (χ2n) is 6.18. The molecular formula is C21H23N3O3. The van der Waals surface area contributed by atoms with E-state index in [0.29, 0.717) is 18.0 Å². The van der Waals surface area contributed by atoms with Crippen molar-refractivity contribution in [1.29, 1.82) is 0 Å². The molecule has 0 bridgehead atoms. The van der Waals surface area contributed by atoms with Gasteiger partial charge in [-0.3, -0.25) is 4.79 Å². The van der Waals surface area contributed by atoms with Gasteiger partial charge >= 0.3 is 0 Å². The van der Waals surface area contributed by atoms with E-state index in [1.807, 2.05) is 60.9 Å². The SMILES string of the molecule is COc1cccc(-n2c(C)cc(C(=O)NCc3cccnc3OC)c2C)c1. The van der Waals surface area contributed by atoms with Crippen LogP contribution in [0.4, 0.5) is 0 Å². The minimum absolute atomic E-state index is 0.136. The molecule has 6 nitrogen and oxygen atoms in total. The standard InChI is InChI=1S/C21H23N3O3/c1-14-11-19(15(2)24(14)17-8-5-9-18(12-17)26-3)20(25)23-13-16-7-6-10-22-21(16)27-4/h5-12H,13H2,1-4H3,(H,23,25). The summed E-state index contributed by atoms with van der Waals surface area (Å²) in [5.74, 6) is 1.15. The number of ether oxygens (including phenoxy) is 2. The summed E-state index contributed by atoms with van der Waals surface area (Å²) in [6.07, 6.45) is 1.66. The van der Waals surface area contributed by atoms with Gasteiger partial charge in [0.1, 0.15) is 5.75 Å². The predicted molar refractivity (Wildman–Crippen MR) is 104 cm³/mol. The van der Waals surface area contributed by atoms with Gasteiger partial charge in [0.2, 0.25) is 5.88 Å². The summed E-state index contributed by atoms with van der Waals surface area (Å²) < 4.78 is 12.6. The molecule has 1 N–H and O–H groups in total. The Morgan fingerprint density at radius 3 is 2.67 bits per heavy atom. The molecule has 0 unspecified atom stereocenters. The highest BCUT2D eigenvalue weighted by Crippen LogP contribution is 2.24. The van der Waals surface area contributed by atoms with E-state index in [-0.39, 0.29) is 5.91 Å². The maximum atomic E-state index is 12.7. The van der Waals surface area contributed by atoms with Gasteiger partial charge in [-0.25, -0.2) is 4.98 Å². The number of carbonyl (C=O) groups is 1. The molecule has 3 rings (SSSR count). The summed E-state index contributed by atoms with van der Waals surface area (Å²) in [4.78, 5) is 16.9. The molecule has 0 spiro atoms. The maximum Gasteiger partial charge on any atom is 0.253 e. The van der Waals surface area contributed by atoms with Gasteiger partial charge in [-0.05, 0) is 38.1 Å². The number of hydrogen-bond acceptors (Lipinski definition) is 4. The van der Waals surface area contributed by atoms with Crippen molar-refractivity contribution in [1.82, 2.24) is 14.9 Å². The molecule has 2 aromatic heterocycles. The van der Waals surface area contributed by atoms with Crippen LogP contribution in [0.3, 0.4) is 0 Å². The number of aryl methyl sites for hydroxylation is 1. The molecule has 0 atom stereocenters. The summed E-state index contributed by atoms with van der Waals surface area (Å²) in [5.41, 5.74) is 4.27. The molecule has 0 fully saturated rings. The fraction of sp³-hybridized carbons (Fsp3) is 0.238. The number of pyridine rings is 1. The smallest absolute Gasteiger partial charge is 0.253 e. The second-order valence-corrected chi connectivity index (χ2v) is 6.18. The van der Waals surface area contributed by atoms with Crippen LogP contribution in [0.25, 0.3) is 5.69 Å². The van der Waals surface area contributed by atoms with Crippen LogP contribution >= 0.6 is 0 Å². The topological polar surface area (TPSA) is 65.4 Å². The van der Waals surface area contributed by atoms with Gasteiger partial charge in [0, 0.05) is 41.4 Å². The summed E-state index contributed by atoms with van der Waals surface area (Å²) >= 11 is 0. The van der Waals surface area contributed by atoms with Gasteiger partial charge in [0.05, 0.1) is 19.8 Å². The first-order valence-electron chi connectivity index (χ1n) is 8.64. The average Bonchev–Trinajstić information content (AvgIpc) is 3.00. The third kappa shape index (κ3) is 3.79. The number of rotatable bonds is 6. The van der Waals surface area contributed by atoms with E-state index in [1.165, 1.54) is 0 Å². The van der Waals surface area contributed by atoms with Crippen LogP contribution < -0.4 is 14.8 Å². The number of hydrogen-bond donors (Lipinski definition) is 1. The lowest BCUT2D eigenvalue weighted by Crippen LogP contribution is -2.23. The molecule has 1 amide bonds. The Balaban J connectivity index is 1.84. The number of aromatic nitrogens is 2. The summed E-state index contributed by atoms with van der Waals surface area (Å²) in [7, 11) is 3.20. The van der Waals surface area contributed by atoms with Crippen molar-refractivity contribution in [2.24, 2.45) is 0 Å². The van der Waals surface area contributed by atoms with Crippen molar-refractivity contribution < 1.29 is 14.3 Å². The van der Waals surface area contributed by atoms with Crippen molar-refractivity contribution in [3.05, 3.63) is 71.2 Å². The summed E-state index contributed by atoms with van der Waals surface area (Å²) in [6.45, 7) is 4.26. The van der Waals surface area contributed by atoms with Crippen molar-refractivity contribution in [3.8, 4) is 17.3 Å². The Morgan fingerprint density at radius 1 is 1.11 bits per heavy atom. The monoisotopic (exact) mass is 365 g/mol. The largest absolute Gasteiger partial charge is 0.497 e. The average molecular weight is 365 g/mol. The normalized spacial score (nSPS) is 10.5. The number of nitrogens with one attached hydrogen (secondary N) is 1. The highest BCUT2D eigenvalue weighted by molar-refractivity contribution is 5.95. The lowest BCUT2D eigenvalue weighted by atomic mass is 10.2.